The van der Waals surface area contributed by atoms with E-state index in [4.69, 9.17) is 11.6 Å². The van der Waals surface area contributed by atoms with Crippen molar-refractivity contribution in [2.24, 2.45) is 4.99 Å². The lowest BCUT2D eigenvalue weighted by Crippen LogP contribution is -2.07. The number of hydrogen-bond acceptors (Lipinski definition) is 2. The van der Waals surface area contributed by atoms with E-state index in [1.54, 1.807) is 0 Å². The molecule has 0 aromatic heterocycles. The molecule has 0 aliphatic carbocycles. The number of benzene rings is 2. The Hall–Kier alpha value is -1.58. The minimum Gasteiger partial charge on any atom is -0.283 e. The number of carbonyl (C=O) groups excluding carboxylic acids is 1. The van der Waals surface area contributed by atoms with Crippen LogP contribution in [0.3, 0.4) is 0 Å². The van der Waals surface area contributed by atoms with Crippen LogP contribution >= 0.6 is 22.5 Å². The summed E-state index contributed by atoms with van der Waals surface area (Å²) in [5, 5.41) is 0.918. The smallest absolute Gasteiger partial charge is 0.207 e. The summed E-state index contributed by atoms with van der Waals surface area (Å²) in [6, 6.07) is 15.1. The van der Waals surface area contributed by atoms with Gasteiger partial charge < -0.3 is 0 Å². The van der Waals surface area contributed by atoms with Gasteiger partial charge in [0.2, 0.25) is 5.12 Å². The molecule has 0 saturated heterocycles. The Kier molecular flexibility index (Phi) is 3.40. The van der Waals surface area contributed by atoms with Gasteiger partial charge in [-0.25, -0.2) is 0 Å². The fourth-order valence-electron chi connectivity index (χ4n) is 2.01. The maximum Gasteiger partial charge on any atom is 0.207 e. The summed E-state index contributed by atoms with van der Waals surface area (Å²) >= 11 is 5.86. The van der Waals surface area contributed by atoms with Crippen molar-refractivity contribution in [1.29, 1.82) is 0 Å². The highest BCUT2D eigenvalue weighted by molar-refractivity contribution is 8.39. The lowest BCUT2D eigenvalue weighted by Gasteiger charge is -2.20. The van der Waals surface area contributed by atoms with Crippen molar-refractivity contribution in [2.45, 2.75) is 5.75 Å². The number of hydrogen-bond donors (Lipinski definition) is 1. The van der Waals surface area contributed by atoms with E-state index in [0.717, 1.165) is 22.6 Å². The molecule has 0 spiro atoms. The zero-order valence-corrected chi connectivity index (χ0v) is 11.7. The molecule has 0 amide bonds. The summed E-state index contributed by atoms with van der Waals surface area (Å²) in [4.78, 5) is 16.8. The molecule has 1 heterocycles. The maximum atomic E-state index is 12.4. The molecule has 4 heteroatoms. The Morgan fingerprint density at radius 3 is 2.58 bits per heavy atom. The SMILES string of the molecule is O=C1c2ccccc2N=C[SH]1Cc1ccc(Cl)cc1. The van der Waals surface area contributed by atoms with E-state index in [9.17, 15) is 4.79 Å². The van der Waals surface area contributed by atoms with Crippen LogP contribution in [-0.2, 0) is 5.75 Å². The normalized spacial score (nSPS) is 19.2. The molecular weight excluding hydrogens is 278 g/mol. The number of aliphatic imine (C=N–C) groups is 1. The third kappa shape index (κ3) is 2.57. The third-order valence-electron chi connectivity index (χ3n) is 3.00. The number of halogens is 1. The molecule has 0 radical (unpaired) electrons. The second-order valence-corrected chi connectivity index (χ2v) is 6.65. The molecular formula is C15H12ClNOS. The lowest BCUT2D eigenvalue weighted by molar-refractivity contribution is 0.108. The third-order valence-corrected chi connectivity index (χ3v) is 5.11. The summed E-state index contributed by atoms with van der Waals surface area (Å²) in [7, 11) is -0.879. The van der Waals surface area contributed by atoms with Crippen molar-refractivity contribution in [3.05, 3.63) is 64.7 Å². The molecule has 0 fully saturated rings. The van der Waals surface area contributed by atoms with Gasteiger partial charge in [0.1, 0.15) is 0 Å². The molecule has 0 saturated carbocycles. The maximum absolute atomic E-state index is 12.4. The minimum absolute atomic E-state index is 0.204. The van der Waals surface area contributed by atoms with Gasteiger partial charge in [-0.15, -0.1) is 10.9 Å². The van der Waals surface area contributed by atoms with E-state index >= 15 is 0 Å². The topological polar surface area (TPSA) is 29.4 Å². The van der Waals surface area contributed by atoms with Gasteiger partial charge in [0.15, 0.2) is 0 Å². The molecule has 1 unspecified atom stereocenters. The second-order valence-electron chi connectivity index (χ2n) is 4.32. The molecule has 0 N–H and O–H groups in total. The summed E-state index contributed by atoms with van der Waals surface area (Å²) in [5.74, 6) is 0.725. The van der Waals surface area contributed by atoms with Crippen LogP contribution < -0.4 is 0 Å². The first kappa shape index (κ1) is 12.5. The molecule has 0 bridgehead atoms. The van der Waals surface area contributed by atoms with E-state index < -0.39 is 10.9 Å². The van der Waals surface area contributed by atoms with E-state index in [1.807, 2.05) is 54.1 Å². The van der Waals surface area contributed by atoms with Gasteiger partial charge in [0, 0.05) is 16.3 Å². The zero-order chi connectivity index (χ0) is 13.2. The second kappa shape index (κ2) is 5.19. The first-order chi connectivity index (χ1) is 9.24. The van der Waals surface area contributed by atoms with Crippen molar-refractivity contribution in [3.63, 3.8) is 0 Å². The van der Waals surface area contributed by atoms with Gasteiger partial charge in [-0.1, -0.05) is 35.9 Å². The number of thiol groups is 1. The van der Waals surface area contributed by atoms with Gasteiger partial charge in [-0.2, -0.15) is 0 Å². The van der Waals surface area contributed by atoms with E-state index in [-0.39, 0.29) is 5.12 Å². The lowest BCUT2D eigenvalue weighted by atomic mass is 10.2. The van der Waals surface area contributed by atoms with Crippen LogP contribution in [0.25, 0.3) is 0 Å². The van der Waals surface area contributed by atoms with Crippen molar-refractivity contribution in [3.8, 4) is 0 Å². The number of para-hydroxylation sites is 1. The highest BCUT2D eigenvalue weighted by atomic mass is 35.5. The molecule has 19 heavy (non-hydrogen) atoms. The first-order valence-corrected chi connectivity index (χ1v) is 7.90. The number of nitrogens with zero attached hydrogens (tertiary/aromatic N) is 1. The highest BCUT2D eigenvalue weighted by Gasteiger charge is 2.21. The summed E-state index contributed by atoms with van der Waals surface area (Å²) in [6.45, 7) is 0. The van der Waals surface area contributed by atoms with E-state index in [1.165, 1.54) is 0 Å². The van der Waals surface area contributed by atoms with E-state index in [0.29, 0.717) is 5.02 Å². The molecule has 2 aromatic carbocycles. The number of carbonyl (C=O) groups is 1. The van der Waals surface area contributed by atoms with Crippen LogP contribution in [-0.4, -0.2) is 10.7 Å². The first-order valence-electron chi connectivity index (χ1n) is 5.93. The van der Waals surface area contributed by atoms with Gasteiger partial charge in [0.05, 0.1) is 11.3 Å². The predicted octanol–water partition coefficient (Wildman–Crippen LogP) is 4.36. The van der Waals surface area contributed by atoms with Crippen LogP contribution in [0.1, 0.15) is 15.9 Å². The van der Waals surface area contributed by atoms with Crippen LogP contribution in [0.5, 0.6) is 0 Å². The average molecular weight is 290 g/mol. The monoisotopic (exact) mass is 289 g/mol. The molecule has 96 valence electrons. The largest absolute Gasteiger partial charge is 0.283 e. The minimum atomic E-state index is -0.879. The van der Waals surface area contributed by atoms with Crippen molar-refractivity contribution in [1.82, 2.24) is 0 Å². The summed E-state index contributed by atoms with van der Waals surface area (Å²) in [6.07, 6.45) is 0. The van der Waals surface area contributed by atoms with E-state index in [2.05, 4.69) is 4.99 Å². The molecule has 1 atom stereocenters. The van der Waals surface area contributed by atoms with Crippen LogP contribution in [0.2, 0.25) is 5.02 Å². The van der Waals surface area contributed by atoms with Crippen LogP contribution in [0.15, 0.2) is 53.5 Å². The molecule has 2 aromatic rings. The van der Waals surface area contributed by atoms with Gasteiger partial charge in [-0.05, 0) is 29.8 Å². The van der Waals surface area contributed by atoms with Crippen LogP contribution in [0.4, 0.5) is 5.69 Å². The molecule has 3 rings (SSSR count). The van der Waals surface area contributed by atoms with Crippen molar-refractivity contribution >= 4 is 38.8 Å². The van der Waals surface area contributed by atoms with Crippen molar-refractivity contribution < 1.29 is 4.79 Å². The van der Waals surface area contributed by atoms with Crippen molar-refractivity contribution in [2.75, 3.05) is 0 Å². The van der Waals surface area contributed by atoms with Gasteiger partial charge in [0.25, 0.3) is 0 Å². The Morgan fingerprint density at radius 1 is 1.05 bits per heavy atom. The standard InChI is InChI=1S/C15H12ClNOS/c16-12-7-5-11(6-8-12)9-19-10-17-14-4-2-1-3-13(14)15(19)18/h1-8,10,19H,9H2. The molecule has 2 nitrogen and oxygen atoms in total. The highest BCUT2D eigenvalue weighted by Crippen LogP contribution is 2.39. The Morgan fingerprint density at radius 2 is 1.79 bits per heavy atom. The number of rotatable bonds is 2. The predicted molar refractivity (Wildman–Crippen MR) is 83.1 cm³/mol. The van der Waals surface area contributed by atoms with Gasteiger partial charge in [-0.3, -0.25) is 9.79 Å². The molecule has 1 aliphatic heterocycles. The zero-order valence-electron chi connectivity index (χ0n) is 10.1. The quantitative estimate of drug-likeness (QED) is 0.818. The van der Waals surface area contributed by atoms with Gasteiger partial charge >= 0.3 is 0 Å². The fourth-order valence-corrected chi connectivity index (χ4v) is 3.83. The Bertz CT molecular complexity index is 651. The summed E-state index contributed by atoms with van der Waals surface area (Å²) in [5.41, 5.74) is 4.45. The number of fused-ring (bicyclic) bond motifs is 1. The average Bonchev–Trinajstić information content (AvgIpc) is 2.45. The Labute approximate surface area is 119 Å². The van der Waals surface area contributed by atoms with Crippen LogP contribution in [0, 0.1) is 0 Å². The fraction of sp³-hybridized carbons (Fsp3) is 0.0667. The molecule has 1 aliphatic rings. The summed E-state index contributed by atoms with van der Waals surface area (Å²) < 4.78 is 0. The Balaban J connectivity index is 1.85.